The molecule has 0 amide bonds. The van der Waals surface area contributed by atoms with Gasteiger partial charge in [0.15, 0.2) is 0 Å². The molecule has 15 heavy (non-hydrogen) atoms. The van der Waals surface area contributed by atoms with Gasteiger partial charge in [-0.3, -0.25) is 0 Å². The molecule has 1 rings (SSSR count). The van der Waals surface area contributed by atoms with Crippen molar-refractivity contribution in [2.24, 2.45) is 0 Å². The maximum atomic E-state index is 12.8. The van der Waals surface area contributed by atoms with Gasteiger partial charge in [0.25, 0.3) is 0 Å². The summed E-state index contributed by atoms with van der Waals surface area (Å²) >= 11 is 0. The second-order valence-electron chi connectivity index (χ2n) is 4.18. The van der Waals surface area contributed by atoms with Crippen molar-refractivity contribution in [1.82, 2.24) is 0 Å². The van der Waals surface area contributed by atoms with Crippen molar-refractivity contribution in [2.75, 3.05) is 0 Å². The first-order valence-corrected chi connectivity index (χ1v) is 6.03. The average Bonchev–Trinajstić information content (AvgIpc) is 2.25. The lowest BCUT2D eigenvalue weighted by Gasteiger charge is -2.16. The molecule has 0 unspecified atom stereocenters. The minimum atomic E-state index is -0.135. The Labute approximate surface area is 92.5 Å². The molecule has 84 valence electrons. The van der Waals surface area contributed by atoms with Crippen molar-refractivity contribution in [3.8, 4) is 0 Å². The lowest BCUT2D eigenvalue weighted by Crippen LogP contribution is -1.98. The van der Waals surface area contributed by atoms with E-state index < -0.39 is 0 Å². The minimum Gasteiger partial charge on any atom is -0.207 e. The van der Waals surface area contributed by atoms with E-state index >= 15 is 0 Å². The Bertz CT molecular complexity index is 263. The van der Waals surface area contributed by atoms with E-state index in [2.05, 4.69) is 13.8 Å². The van der Waals surface area contributed by atoms with Gasteiger partial charge in [-0.05, 0) is 36.5 Å². The monoisotopic (exact) mass is 208 g/mol. The number of unbranched alkanes of at least 4 members (excludes halogenated alkanes) is 1. The van der Waals surface area contributed by atoms with E-state index in [9.17, 15) is 4.39 Å². The van der Waals surface area contributed by atoms with Crippen molar-refractivity contribution in [1.29, 1.82) is 0 Å². The van der Waals surface area contributed by atoms with E-state index in [1.165, 1.54) is 37.7 Å². The molecule has 0 N–H and O–H groups in total. The van der Waals surface area contributed by atoms with Crippen molar-refractivity contribution in [3.63, 3.8) is 0 Å². The average molecular weight is 208 g/mol. The summed E-state index contributed by atoms with van der Waals surface area (Å²) in [4.78, 5) is 0. The first-order chi connectivity index (χ1) is 7.27. The molecular weight excluding hydrogens is 187 g/mol. The van der Waals surface area contributed by atoms with Crippen LogP contribution in [-0.2, 0) is 0 Å². The fraction of sp³-hybridized carbons (Fsp3) is 0.571. The van der Waals surface area contributed by atoms with Crippen molar-refractivity contribution < 1.29 is 4.39 Å². The standard InChI is InChI=1S/C14H21F/c1-3-5-7-12(6-4-2)13-8-10-14(15)11-9-13/h8-12H,3-7H2,1-2H3/t12-/m0/s1. The summed E-state index contributed by atoms with van der Waals surface area (Å²) in [6.45, 7) is 4.43. The van der Waals surface area contributed by atoms with E-state index in [-0.39, 0.29) is 5.82 Å². The Morgan fingerprint density at radius 3 is 2.20 bits per heavy atom. The van der Waals surface area contributed by atoms with Crippen molar-refractivity contribution in [2.45, 2.75) is 51.9 Å². The second kappa shape index (κ2) is 6.60. The van der Waals surface area contributed by atoms with Crippen LogP contribution in [0.1, 0.15) is 57.4 Å². The van der Waals surface area contributed by atoms with E-state index in [4.69, 9.17) is 0 Å². The molecule has 0 aliphatic carbocycles. The molecule has 0 bridgehead atoms. The third-order valence-corrected chi connectivity index (χ3v) is 2.88. The van der Waals surface area contributed by atoms with Gasteiger partial charge in [-0.2, -0.15) is 0 Å². The molecule has 1 aromatic rings. The topological polar surface area (TPSA) is 0 Å². The van der Waals surface area contributed by atoms with E-state index in [1.54, 1.807) is 12.1 Å². The van der Waals surface area contributed by atoms with Gasteiger partial charge >= 0.3 is 0 Å². The molecule has 1 atom stereocenters. The largest absolute Gasteiger partial charge is 0.207 e. The summed E-state index contributed by atoms with van der Waals surface area (Å²) in [5.41, 5.74) is 1.30. The van der Waals surface area contributed by atoms with Crippen LogP contribution >= 0.6 is 0 Å². The maximum Gasteiger partial charge on any atom is 0.123 e. The molecular formula is C14H21F. The van der Waals surface area contributed by atoms with Gasteiger partial charge in [-0.1, -0.05) is 45.2 Å². The quantitative estimate of drug-likeness (QED) is 0.623. The highest BCUT2D eigenvalue weighted by Crippen LogP contribution is 2.26. The summed E-state index contributed by atoms with van der Waals surface area (Å²) in [5, 5.41) is 0. The summed E-state index contributed by atoms with van der Waals surface area (Å²) in [6.07, 6.45) is 6.15. The zero-order valence-electron chi connectivity index (χ0n) is 9.80. The molecule has 0 spiro atoms. The molecule has 0 saturated carbocycles. The van der Waals surface area contributed by atoms with Crippen molar-refractivity contribution >= 4 is 0 Å². The van der Waals surface area contributed by atoms with Gasteiger partial charge in [0.2, 0.25) is 0 Å². The van der Waals surface area contributed by atoms with Crippen LogP contribution < -0.4 is 0 Å². The van der Waals surface area contributed by atoms with Crippen molar-refractivity contribution in [3.05, 3.63) is 35.6 Å². The third kappa shape index (κ3) is 4.03. The fourth-order valence-corrected chi connectivity index (χ4v) is 2.01. The summed E-state index contributed by atoms with van der Waals surface area (Å²) in [7, 11) is 0. The number of halogens is 1. The number of hydrogen-bond acceptors (Lipinski definition) is 0. The molecule has 1 heteroatoms. The van der Waals surface area contributed by atoms with Gasteiger partial charge < -0.3 is 0 Å². The molecule has 1 aromatic carbocycles. The SMILES string of the molecule is CCCC[C@H](CCC)c1ccc(F)cc1. The van der Waals surface area contributed by atoms with E-state index in [0.29, 0.717) is 5.92 Å². The summed E-state index contributed by atoms with van der Waals surface area (Å²) in [5.74, 6) is 0.486. The smallest absolute Gasteiger partial charge is 0.123 e. The summed E-state index contributed by atoms with van der Waals surface area (Å²) in [6, 6.07) is 7.02. The van der Waals surface area contributed by atoms with Gasteiger partial charge in [0.05, 0.1) is 0 Å². The Morgan fingerprint density at radius 2 is 1.67 bits per heavy atom. The van der Waals surface area contributed by atoms with Crippen LogP contribution in [0.5, 0.6) is 0 Å². The Hall–Kier alpha value is -0.850. The molecule has 0 aliphatic rings. The molecule has 0 aliphatic heterocycles. The van der Waals surface area contributed by atoms with Crippen LogP contribution in [0.15, 0.2) is 24.3 Å². The Kier molecular flexibility index (Phi) is 5.38. The highest BCUT2D eigenvalue weighted by atomic mass is 19.1. The first kappa shape index (κ1) is 12.2. The first-order valence-electron chi connectivity index (χ1n) is 6.03. The predicted molar refractivity (Wildman–Crippen MR) is 63.6 cm³/mol. The zero-order chi connectivity index (χ0) is 11.1. The normalized spacial score (nSPS) is 12.7. The zero-order valence-corrected chi connectivity index (χ0v) is 9.80. The lowest BCUT2D eigenvalue weighted by molar-refractivity contribution is 0.539. The second-order valence-corrected chi connectivity index (χ2v) is 4.18. The van der Waals surface area contributed by atoms with Gasteiger partial charge in [0, 0.05) is 0 Å². The molecule has 0 fully saturated rings. The fourth-order valence-electron chi connectivity index (χ4n) is 2.01. The van der Waals surface area contributed by atoms with Crippen LogP contribution in [0.2, 0.25) is 0 Å². The highest BCUT2D eigenvalue weighted by molar-refractivity contribution is 5.20. The van der Waals surface area contributed by atoms with Crippen LogP contribution in [-0.4, -0.2) is 0 Å². The van der Waals surface area contributed by atoms with Gasteiger partial charge in [-0.25, -0.2) is 4.39 Å². The van der Waals surface area contributed by atoms with Crippen LogP contribution in [0, 0.1) is 5.82 Å². The van der Waals surface area contributed by atoms with Gasteiger partial charge in [0.1, 0.15) is 5.82 Å². The highest BCUT2D eigenvalue weighted by Gasteiger charge is 2.09. The summed E-state index contributed by atoms with van der Waals surface area (Å²) < 4.78 is 12.8. The van der Waals surface area contributed by atoms with E-state index in [0.717, 1.165) is 0 Å². The third-order valence-electron chi connectivity index (χ3n) is 2.88. The predicted octanol–water partition coefficient (Wildman–Crippen LogP) is 4.90. The minimum absolute atomic E-state index is 0.135. The lowest BCUT2D eigenvalue weighted by atomic mass is 9.90. The number of rotatable bonds is 6. The van der Waals surface area contributed by atoms with Crippen LogP contribution in [0.3, 0.4) is 0 Å². The molecule has 0 radical (unpaired) electrons. The van der Waals surface area contributed by atoms with E-state index in [1.807, 2.05) is 12.1 Å². The molecule has 0 heterocycles. The van der Waals surface area contributed by atoms with Crippen LogP contribution in [0.25, 0.3) is 0 Å². The number of hydrogen-bond donors (Lipinski definition) is 0. The Balaban J connectivity index is 2.65. The molecule has 0 nitrogen and oxygen atoms in total. The molecule has 0 saturated heterocycles. The van der Waals surface area contributed by atoms with Crippen LogP contribution in [0.4, 0.5) is 4.39 Å². The Morgan fingerprint density at radius 1 is 1.00 bits per heavy atom. The maximum absolute atomic E-state index is 12.8. The number of benzene rings is 1. The molecule has 0 aromatic heterocycles. The van der Waals surface area contributed by atoms with Gasteiger partial charge in [-0.15, -0.1) is 0 Å².